The average molecular weight is 542 g/mol. The van der Waals surface area contributed by atoms with Crippen LogP contribution >= 0.6 is 0 Å². The van der Waals surface area contributed by atoms with Crippen molar-refractivity contribution in [1.29, 1.82) is 0 Å². The number of rotatable bonds is 10. The van der Waals surface area contributed by atoms with Gasteiger partial charge in [-0.3, -0.25) is 13.9 Å². The second-order valence-corrected chi connectivity index (χ2v) is 11.0. The molecule has 1 unspecified atom stereocenters. The minimum atomic E-state index is -4.03. The predicted octanol–water partition coefficient (Wildman–Crippen LogP) is 5.86. The molecule has 4 aromatic rings. The van der Waals surface area contributed by atoms with Crippen LogP contribution in [0.4, 0.5) is 11.4 Å². The Morgan fingerprint density at radius 1 is 0.744 bits per heavy atom. The molecule has 2 amide bonds. The van der Waals surface area contributed by atoms with E-state index in [1.54, 1.807) is 66.7 Å². The van der Waals surface area contributed by atoms with Crippen LogP contribution in [0, 0.1) is 0 Å². The minimum absolute atomic E-state index is 0.0241. The van der Waals surface area contributed by atoms with Gasteiger partial charge in [-0.05, 0) is 55.3 Å². The fraction of sp³-hybridized carbons (Fsp3) is 0.161. The van der Waals surface area contributed by atoms with Crippen molar-refractivity contribution in [3.05, 3.63) is 126 Å². The summed E-state index contributed by atoms with van der Waals surface area (Å²) >= 11 is 0. The highest BCUT2D eigenvalue weighted by Crippen LogP contribution is 2.30. The fourth-order valence-electron chi connectivity index (χ4n) is 4.04. The Bertz CT molecular complexity index is 1540. The van der Waals surface area contributed by atoms with Crippen LogP contribution in [0.3, 0.4) is 0 Å². The fourth-order valence-corrected chi connectivity index (χ4v) is 5.53. The maximum Gasteiger partial charge on any atom is 0.264 e. The number of hydrogen-bond donors (Lipinski definition) is 2. The molecule has 200 valence electrons. The number of benzene rings is 4. The van der Waals surface area contributed by atoms with Gasteiger partial charge in [-0.25, -0.2) is 8.42 Å². The van der Waals surface area contributed by atoms with E-state index in [1.807, 2.05) is 44.2 Å². The predicted molar refractivity (Wildman–Crippen MR) is 154 cm³/mol. The largest absolute Gasteiger partial charge is 0.350 e. The molecule has 0 fully saturated rings. The summed E-state index contributed by atoms with van der Waals surface area (Å²) in [5.74, 6) is -0.832. The summed E-state index contributed by atoms with van der Waals surface area (Å²) in [5.41, 5.74) is 1.80. The second kappa shape index (κ2) is 12.4. The summed E-state index contributed by atoms with van der Waals surface area (Å²) in [6, 6.07) is 30.6. The van der Waals surface area contributed by atoms with Gasteiger partial charge >= 0.3 is 0 Å². The molecule has 0 bridgehead atoms. The smallest absolute Gasteiger partial charge is 0.264 e. The standard InChI is InChI=1S/C31H31N3O4S/c1-3-23(2)32-30(35)26-18-10-12-20-28(26)33-31(36)27-19-11-13-21-29(27)34(22-24-14-6-4-7-15-24)39(37,38)25-16-8-5-9-17-25/h4-21,23H,3,22H2,1-2H3,(H,32,35)(H,33,36). The second-order valence-electron chi connectivity index (χ2n) is 9.11. The third-order valence-corrected chi connectivity index (χ3v) is 8.10. The minimum Gasteiger partial charge on any atom is -0.350 e. The SMILES string of the molecule is CCC(C)NC(=O)c1ccccc1NC(=O)c1ccccc1N(Cc1ccccc1)S(=O)(=O)c1ccccc1. The molecule has 4 aromatic carbocycles. The van der Waals surface area contributed by atoms with Crippen LogP contribution in [0.1, 0.15) is 46.5 Å². The summed E-state index contributed by atoms with van der Waals surface area (Å²) in [5, 5.41) is 5.74. The van der Waals surface area contributed by atoms with E-state index in [0.29, 0.717) is 11.3 Å². The van der Waals surface area contributed by atoms with E-state index < -0.39 is 15.9 Å². The first kappa shape index (κ1) is 27.6. The molecule has 4 rings (SSSR count). The number of nitrogens with zero attached hydrogens (tertiary/aromatic N) is 1. The summed E-state index contributed by atoms with van der Waals surface area (Å²) in [6.45, 7) is 3.90. The first-order valence-electron chi connectivity index (χ1n) is 12.7. The van der Waals surface area contributed by atoms with Crippen molar-refractivity contribution in [1.82, 2.24) is 5.32 Å². The zero-order chi connectivity index (χ0) is 27.8. The van der Waals surface area contributed by atoms with Gasteiger partial charge in [0, 0.05) is 6.04 Å². The van der Waals surface area contributed by atoms with Crippen LogP contribution in [-0.2, 0) is 16.6 Å². The molecule has 0 spiro atoms. The van der Waals surface area contributed by atoms with Gasteiger partial charge in [0.25, 0.3) is 21.8 Å². The Kier molecular flexibility index (Phi) is 8.78. The Morgan fingerprint density at radius 3 is 1.97 bits per heavy atom. The van der Waals surface area contributed by atoms with Gasteiger partial charge in [0.2, 0.25) is 0 Å². The molecule has 0 aliphatic rings. The molecule has 2 N–H and O–H groups in total. The molecule has 1 atom stereocenters. The average Bonchev–Trinajstić information content (AvgIpc) is 2.97. The van der Waals surface area contributed by atoms with E-state index >= 15 is 0 Å². The Morgan fingerprint density at radius 2 is 1.31 bits per heavy atom. The summed E-state index contributed by atoms with van der Waals surface area (Å²) in [6.07, 6.45) is 0.765. The number of anilines is 2. The lowest BCUT2D eigenvalue weighted by Crippen LogP contribution is -2.33. The van der Waals surface area contributed by atoms with Crippen molar-refractivity contribution in [2.45, 2.75) is 37.8 Å². The van der Waals surface area contributed by atoms with E-state index in [1.165, 1.54) is 16.4 Å². The third kappa shape index (κ3) is 6.53. The van der Waals surface area contributed by atoms with E-state index in [0.717, 1.165) is 12.0 Å². The number of para-hydroxylation sites is 2. The lowest BCUT2D eigenvalue weighted by Gasteiger charge is -2.27. The molecule has 0 aliphatic carbocycles. The maximum atomic E-state index is 13.9. The van der Waals surface area contributed by atoms with Crippen molar-refractivity contribution in [2.24, 2.45) is 0 Å². The van der Waals surface area contributed by atoms with Gasteiger partial charge < -0.3 is 10.6 Å². The quantitative estimate of drug-likeness (QED) is 0.263. The van der Waals surface area contributed by atoms with E-state index in [9.17, 15) is 18.0 Å². The van der Waals surface area contributed by atoms with E-state index in [-0.39, 0.29) is 34.6 Å². The monoisotopic (exact) mass is 541 g/mol. The zero-order valence-electron chi connectivity index (χ0n) is 21.9. The van der Waals surface area contributed by atoms with Crippen LogP contribution in [0.25, 0.3) is 0 Å². The normalized spacial score (nSPS) is 11.8. The Balaban J connectivity index is 1.74. The van der Waals surface area contributed by atoms with Crippen LogP contribution in [0.5, 0.6) is 0 Å². The molecule has 0 aliphatic heterocycles. The third-order valence-electron chi connectivity index (χ3n) is 6.33. The first-order chi connectivity index (χ1) is 18.8. The number of amides is 2. The Hall–Kier alpha value is -4.43. The molecule has 8 heteroatoms. The van der Waals surface area contributed by atoms with Gasteiger partial charge in [0.15, 0.2) is 0 Å². The number of nitrogens with one attached hydrogen (secondary N) is 2. The topological polar surface area (TPSA) is 95.6 Å². The van der Waals surface area contributed by atoms with Crippen molar-refractivity contribution in [3.8, 4) is 0 Å². The highest BCUT2D eigenvalue weighted by molar-refractivity contribution is 7.92. The van der Waals surface area contributed by atoms with Crippen LogP contribution < -0.4 is 14.9 Å². The molecule has 0 saturated heterocycles. The lowest BCUT2D eigenvalue weighted by molar-refractivity contribution is 0.0940. The summed E-state index contributed by atoms with van der Waals surface area (Å²) in [4.78, 5) is 26.6. The molecule has 0 saturated carbocycles. The summed E-state index contributed by atoms with van der Waals surface area (Å²) in [7, 11) is -4.03. The van der Waals surface area contributed by atoms with Crippen molar-refractivity contribution >= 4 is 33.2 Å². The van der Waals surface area contributed by atoms with Gasteiger partial charge in [-0.1, -0.05) is 79.7 Å². The van der Waals surface area contributed by atoms with Crippen molar-refractivity contribution in [3.63, 3.8) is 0 Å². The lowest BCUT2D eigenvalue weighted by atomic mass is 10.1. The number of carbonyl (C=O) groups excluding carboxylic acids is 2. The van der Waals surface area contributed by atoms with Crippen molar-refractivity contribution < 1.29 is 18.0 Å². The maximum absolute atomic E-state index is 13.9. The van der Waals surface area contributed by atoms with Crippen LogP contribution in [-0.4, -0.2) is 26.3 Å². The molecular weight excluding hydrogens is 510 g/mol. The molecule has 0 radical (unpaired) electrons. The number of hydrogen-bond acceptors (Lipinski definition) is 4. The van der Waals surface area contributed by atoms with Gasteiger partial charge in [-0.2, -0.15) is 0 Å². The molecule has 39 heavy (non-hydrogen) atoms. The highest BCUT2D eigenvalue weighted by Gasteiger charge is 2.29. The number of sulfonamides is 1. The van der Waals surface area contributed by atoms with Gasteiger partial charge in [0.05, 0.1) is 33.9 Å². The highest BCUT2D eigenvalue weighted by atomic mass is 32.2. The zero-order valence-corrected chi connectivity index (χ0v) is 22.7. The number of carbonyl (C=O) groups is 2. The summed E-state index contributed by atoms with van der Waals surface area (Å²) < 4.78 is 29.0. The van der Waals surface area contributed by atoms with Crippen LogP contribution in [0.2, 0.25) is 0 Å². The van der Waals surface area contributed by atoms with E-state index in [4.69, 9.17) is 0 Å². The molecule has 7 nitrogen and oxygen atoms in total. The van der Waals surface area contributed by atoms with Crippen LogP contribution in [0.15, 0.2) is 114 Å². The first-order valence-corrected chi connectivity index (χ1v) is 14.2. The Labute approximate surface area is 229 Å². The molecule has 0 heterocycles. The van der Waals surface area contributed by atoms with E-state index in [2.05, 4.69) is 10.6 Å². The van der Waals surface area contributed by atoms with Gasteiger partial charge in [-0.15, -0.1) is 0 Å². The van der Waals surface area contributed by atoms with Gasteiger partial charge in [0.1, 0.15) is 0 Å². The van der Waals surface area contributed by atoms with Crippen molar-refractivity contribution in [2.75, 3.05) is 9.62 Å². The molecule has 0 aromatic heterocycles. The molecular formula is C31H31N3O4S.